The van der Waals surface area contributed by atoms with Crippen molar-refractivity contribution in [3.05, 3.63) is 29.6 Å². The van der Waals surface area contributed by atoms with Gasteiger partial charge in [0.25, 0.3) is 0 Å². The molecular weight excluding hydrogens is 198 g/mol. The van der Waals surface area contributed by atoms with Crippen LogP contribution in [0.5, 0.6) is 0 Å². The smallest absolute Gasteiger partial charge is 0.339 e. The first-order chi connectivity index (χ1) is 7.15. The van der Waals surface area contributed by atoms with Gasteiger partial charge in [-0.1, -0.05) is 0 Å². The van der Waals surface area contributed by atoms with E-state index in [1.165, 1.54) is 20.2 Å². The number of rotatable bonds is 3. The summed E-state index contributed by atoms with van der Waals surface area (Å²) in [7, 11) is 1.28. The Labute approximate surface area is 87.0 Å². The topological polar surface area (TPSA) is 65.5 Å². The quantitative estimate of drug-likeness (QED) is 0.693. The lowest BCUT2D eigenvalue weighted by Crippen LogP contribution is -2.09. The van der Waals surface area contributed by atoms with E-state index in [1.54, 1.807) is 12.1 Å². The standard InChI is InChI=1S/C10H11NO4/c1-7(12)15-6-9-8(10(13)14-2)4-3-5-11-9/h3-5H,6H2,1-2H3. The molecule has 80 valence electrons. The fourth-order valence-electron chi connectivity index (χ4n) is 1.02. The van der Waals surface area contributed by atoms with E-state index in [0.29, 0.717) is 11.3 Å². The first-order valence-electron chi connectivity index (χ1n) is 4.30. The second kappa shape index (κ2) is 5.09. The van der Waals surface area contributed by atoms with E-state index in [1.807, 2.05) is 0 Å². The van der Waals surface area contributed by atoms with Crippen LogP contribution in [0.2, 0.25) is 0 Å². The molecule has 0 fully saturated rings. The van der Waals surface area contributed by atoms with Gasteiger partial charge in [0.05, 0.1) is 18.4 Å². The Hall–Kier alpha value is -1.91. The number of hydrogen-bond acceptors (Lipinski definition) is 5. The van der Waals surface area contributed by atoms with Crippen molar-refractivity contribution in [1.29, 1.82) is 0 Å². The maximum atomic E-state index is 11.3. The highest BCUT2D eigenvalue weighted by molar-refractivity contribution is 5.90. The van der Waals surface area contributed by atoms with Gasteiger partial charge in [0.1, 0.15) is 6.61 Å². The normalized spacial score (nSPS) is 9.47. The molecule has 1 aromatic heterocycles. The number of hydrogen-bond donors (Lipinski definition) is 0. The van der Waals surface area contributed by atoms with Gasteiger partial charge in [0.2, 0.25) is 0 Å². The average Bonchev–Trinajstić information content (AvgIpc) is 2.25. The fourth-order valence-corrected chi connectivity index (χ4v) is 1.02. The first kappa shape index (κ1) is 11.2. The summed E-state index contributed by atoms with van der Waals surface area (Å²) < 4.78 is 9.32. The van der Waals surface area contributed by atoms with E-state index in [2.05, 4.69) is 9.72 Å². The summed E-state index contributed by atoms with van der Waals surface area (Å²) in [4.78, 5) is 25.8. The number of carbonyl (C=O) groups is 2. The third kappa shape index (κ3) is 3.05. The van der Waals surface area contributed by atoms with Crippen LogP contribution in [0.15, 0.2) is 18.3 Å². The van der Waals surface area contributed by atoms with Crippen LogP contribution in [0, 0.1) is 0 Å². The predicted molar refractivity (Wildman–Crippen MR) is 51.0 cm³/mol. The average molecular weight is 209 g/mol. The van der Waals surface area contributed by atoms with Crippen LogP contribution in [-0.4, -0.2) is 24.0 Å². The van der Waals surface area contributed by atoms with Gasteiger partial charge in [0, 0.05) is 13.1 Å². The minimum Gasteiger partial charge on any atom is -0.465 e. The zero-order chi connectivity index (χ0) is 11.3. The summed E-state index contributed by atoms with van der Waals surface area (Å²) in [5.41, 5.74) is 0.695. The highest BCUT2D eigenvalue weighted by Gasteiger charge is 2.12. The molecule has 0 bridgehead atoms. The Morgan fingerprint density at radius 2 is 2.20 bits per heavy atom. The molecule has 0 amide bonds. The number of carbonyl (C=O) groups excluding carboxylic acids is 2. The summed E-state index contributed by atoms with van der Waals surface area (Å²) in [6.07, 6.45) is 1.52. The van der Waals surface area contributed by atoms with E-state index in [-0.39, 0.29) is 6.61 Å². The zero-order valence-electron chi connectivity index (χ0n) is 8.52. The predicted octanol–water partition coefficient (Wildman–Crippen LogP) is 0.931. The summed E-state index contributed by atoms with van der Waals surface area (Å²) in [6, 6.07) is 3.18. The monoisotopic (exact) mass is 209 g/mol. The Morgan fingerprint density at radius 1 is 1.47 bits per heavy atom. The molecule has 0 aliphatic rings. The lowest BCUT2D eigenvalue weighted by molar-refractivity contribution is -0.142. The number of esters is 2. The van der Waals surface area contributed by atoms with Crippen molar-refractivity contribution in [3.8, 4) is 0 Å². The molecule has 15 heavy (non-hydrogen) atoms. The molecule has 0 N–H and O–H groups in total. The highest BCUT2D eigenvalue weighted by atomic mass is 16.5. The Balaban J connectivity index is 2.86. The van der Waals surface area contributed by atoms with Crippen LogP contribution in [0.4, 0.5) is 0 Å². The number of nitrogens with zero attached hydrogens (tertiary/aromatic N) is 1. The number of ether oxygens (including phenoxy) is 2. The molecule has 1 rings (SSSR count). The van der Waals surface area contributed by atoms with Crippen LogP contribution in [0.1, 0.15) is 23.0 Å². The summed E-state index contributed by atoms with van der Waals surface area (Å²) in [6.45, 7) is 1.27. The van der Waals surface area contributed by atoms with Crippen LogP contribution >= 0.6 is 0 Å². The van der Waals surface area contributed by atoms with E-state index in [0.717, 1.165) is 0 Å². The fraction of sp³-hybridized carbons (Fsp3) is 0.300. The van der Waals surface area contributed by atoms with Crippen molar-refractivity contribution in [2.24, 2.45) is 0 Å². The first-order valence-corrected chi connectivity index (χ1v) is 4.30. The van der Waals surface area contributed by atoms with Gasteiger partial charge in [-0.2, -0.15) is 0 Å². The molecule has 0 unspecified atom stereocenters. The maximum absolute atomic E-state index is 11.3. The second-order valence-electron chi connectivity index (χ2n) is 2.77. The van der Waals surface area contributed by atoms with Crippen molar-refractivity contribution in [1.82, 2.24) is 4.98 Å². The van der Waals surface area contributed by atoms with E-state index < -0.39 is 11.9 Å². The lowest BCUT2D eigenvalue weighted by atomic mass is 10.2. The molecule has 0 aliphatic heterocycles. The molecule has 0 spiro atoms. The summed E-state index contributed by atoms with van der Waals surface area (Å²) >= 11 is 0. The van der Waals surface area contributed by atoms with Gasteiger partial charge in [-0.05, 0) is 12.1 Å². The molecule has 0 aromatic carbocycles. The molecule has 0 radical (unpaired) electrons. The van der Waals surface area contributed by atoms with Gasteiger partial charge >= 0.3 is 11.9 Å². The molecule has 0 saturated carbocycles. The van der Waals surface area contributed by atoms with Crippen LogP contribution < -0.4 is 0 Å². The lowest BCUT2D eigenvalue weighted by Gasteiger charge is -2.06. The Bertz CT molecular complexity index is 375. The number of methoxy groups -OCH3 is 1. The summed E-state index contributed by atoms with van der Waals surface area (Å²) in [5.74, 6) is -0.915. The van der Waals surface area contributed by atoms with Crippen molar-refractivity contribution >= 4 is 11.9 Å². The Kier molecular flexibility index (Phi) is 3.79. The van der Waals surface area contributed by atoms with Crippen LogP contribution in [0.25, 0.3) is 0 Å². The summed E-state index contributed by atoms with van der Waals surface area (Å²) in [5, 5.41) is 0. The van der Waals surface area contributed by atoms with Gasteiger partial charge in [-0.15, -0.1) is 0 Å². The zero-order valence-corrected chi connectivity index (χ0v) is 8.52. The van der Waals surface area contributed by atoms with Gasteiger partial charge < -0.3 is 9.47 Å². The SMILES string of the molecule is COC(=O)c1cccnc1COC(C)=O. The van der Waals surface area contributed by atoms with Crippen molar-refractivity contribution in [3.63, 3.8) is 0 Å². The van der Waals surface area contributed by atoms with Crippen LogP contribution in [0.3, 0.4) is 0 Å². The Morgan fingerprint density at radius 3 is 2.80 bits per heavy atom. The van der Waals surface area contributed by atoms with E-state index in [4.69, 9.17) is 4.74 Å². The number of aromatic nitrogens is 1. The molecule has 0 saturated heterocycles. The molecular formula is C10H11NO4. The van der Waals surface area contributed by atoms with Gasteiger partial charge in [0.15, 0.2) is 0 Å². The molecule has 1 heterocycles. The third-order valence-electron chi connectivity index (χ3n) is 1.71. The molecule has 1 aromatic rings. The number of pyridine rings is 1. The highest BCUT2D eigenvalue weighted by Crippen LogP contribution is 2.08. The van der Waals surface area contributed by atoms with Gasteiger partial charge in [-0.3, -0.25) is 9.78 Å². The molecule has 5 heteroatoms. The van der Waals surface area contributed by atoms with Crippen molar-refractivity contribution in [2.45, 2.75) is 13.5 Å². The van der Waals surface area contributed by atoms with E-state index >= 15 is 0 Å². The second-order valence-corrected chi connectivity index (χ2v) is 2.77. The van der Waals surface area contributed by atoms with Crippen molar-refractivity contribution in [2.75, 3.05) is 7.11 Å². The minimum atomic E-state index is -0.495. The minimum absolute atomic E-state index is 0.0272. The molecule has 0 atom stereocenters. The molecule has 0 aliphatic carbocycles. The largest absolute Gasteiger partial charge is 0.465 e. The maximum Gasteiger partial charge on any atom is 0.339 e. The van der Waals surface area contributed by atoms with E-state index in [9.17, 15) is 9.59 Å². The van der Waals surface area contributed by atoms with Gasteiger partial charge in [-0.25, -0.2) is 4.79 Å². The van der Waals surface area contributed by atoms with Crippen LogP contribution in [-0.2, 0) is 20.9 Å². The third-order valence-corrected chi connectivity index (χ3v) is 1.71. The van der Waals surface area contributed by atoms with Crippen molar-refractivity contribution < 1.29 is 19.1 Å². The molecule has 5 nitrogen and oxygen atoms in total.